The molecule has 1 saturated carbocycles. The summed E-state index contributed by atoms with van der Waals surface area (Å²) >= 11 is 0. The van der Waals surface area contributed by atoms with Gasteiger partial charge in [0.25, 0.3) is 0 Å². The lowest BCUT2D eigenvalue weighted by Crippen LogP contribution is -2.32. The minimum absolute atomic E-state index is 0.124. The van der Waals surface area contributed by atoms with E-state index in [9.17, 15) is 10.1 Å². The number of hydrogen-bond donors (Lipinski definition) is 1. The first-order valence-electron chi connectivity index (χ1n) is 7.55. The van der Waals surface area contributed by atoms with Crippen LogP contribution in [0.5, 0.6) is 0 Å². The van der Waals surface area contributed by atoms with Crippen molar-refractivity contribution >= 4 is 5.97 Å². The fourth-order valence-corrected chi connectivity index (χ4v) is 3.33. The van der Waals surface area contributed by atoms with E-state index in [1.165, 1.54) is 6.42 Å². The Hall–Kier alpha value is -1.96. The van der Waals surface area contributed by atoms with Gasteiger partial charge in [-0.05, 0) is 32.6 Å². The van der Waals surface area contributed by atoms with Crippen molar-refractivity contribution in [3.8, 4) is 6.07 Å². The van der Waals surface area contributed by atoms with E-state index in [0.717, 1.165) is 25.7 Å². The molecule has 0 saturated heterocycles. The van der Waals surface area contributed by atoms with Gasteiger partial charge in [0, 0.05) is 5.92 Å². The summed E-state index contributed by atoms with van der Waals surface area (Å²) in [5.74, 6) is 0.151. The summed E-state index contributed by atoms with van der Waals surface area (Å²) in [4.78, 5) is 12.3. The molecule has 1 fully saturated rings. The van der Waals surface area contributed by atoms with Crippen molar-refractivity contribution < 1.29 is 14.3 Å². The summed E-state index contributed by atoms with van der Waals surface area (Å²) in [5.41, 5.74) is 6.70. The minimum atomic E-state index is -0.397. The highest BCUT2D eigenvalue weighted by Crippen LogP contribution is 2.42. The zero-order valence-electron chi connectivity index (χ0n) is 12.6. The molecule has 114 valence electrons. The van der Waals surface area contributed by atoms with Gasteiger partial charge < -0.3 is 15.2 Å². The first-order chi connectivity index (χ1) is 10.1. The highest BCUT2D eigenvalue weighted by atomic mass is 16.5. The lowest BCUT2D eigenvalue weighted by atomic mass is 9.72. The van der Waals surface area contributed by atoms with Gasteiger partial charge in [-0.25, -0.2) is 4.79 Å². The van der Waals surface area contributed by atoms with Crippen molar-refractivity contribution in [1.82, 2.24) is 0 Å². The van der Waals surface area contributed by atoms with E-state index < -0.39 is 5.97 Å². The van der Waals surface area contributed by atoms with Crippen molar-refractivity contribution in [2.75, 3.05) is 6.61 Å². The van der Waals surface area contributed by atoms with Crippen LogP contribution in [0.4, 0.5) is 0 Å². The summed E-state index contributed by atoms with van der Waals surface area (Å²) in [5, 5.41) is 9.44. The molecule has 21 heavy (non-hydrogen) atoms. The third kappa shape index (κ3) is 3.05. The Bertz CT molecular complexity index is 522. The maximum absolute atomic E-state index is 12.3. The Morgan fingerprint density at radius 2 is 2.10 bits per heavy atom. The zero-order valence-corrected chi connectivity index (χ0v) is 12.6. The van der Waals surface area contributed by atoms with Crippen LogP contribution < -0.4 is 5.73 Å². The van der Waals surface area contributed by atoms with Gasteiger partial charge in [0.1, 0.15) is 11.8 Å². The lowest BCUT2D eigenvalue weighted by molar-refractivity contribution is -0.139. The summed E-state index contributed by atoms with van der Waals surface area (Å²) in [6, 6.07) is 2.14. The average molecular weight is 290 g/mol. The molecule has 0 amide bonds. The van der Waals surface area contributed by atoms with Crippen molar-refractivity contribution in [2.45, 2.75) is 46.0 Å². The number of hydrogen-bond acceptors (Lipinski definition) is 5. The molecule has 1 aliphatic carbocycles. The highest BCUT2D eigenvalue weighted by Gasteiger charge is 2.40. The second kappa shape index (κ2) is 6.66. The summed E-state index contributed by atoms with van der Waals surface area (Å²) in [6.45, 7) is 3.78. The number of nitriles is 1. The maximum atomic E-state index is 12.3. The molecule has 2 rings (SSSR count). The van der Waals surface area contributed by atoms with Crippen molar-refractivity contribution in [3.63, 3.8) is 0 Å². The fourth-order valence-electron chi connectivity index (χ4n) is 3.33. The Labute approximate surface area is 125 Å². The first kappa shape index (κ1) is 15.4. The van der Waals surface area contributed by atoms with E-state index in [1.54, 1.807) is 13.8 Å². The molecule has 2 N–H and O–H groups in total. The van der Waals surface area contributed by atoms with Gasteiger partial charge in [-0.3, -0.25) is 0 Å². The Morgan fingerprint density at radius 3 is 2.67 bits per heavy atom. The molecule has 0 radical (unpaired) electrons. The second-order valence-corrected chi connectivity index (χ2v) is 5.56. The maximum Gasteiger partial charge on any atom is 0.338 e. The fraction of sp³-hybridized carbons (Fsp3) is 0.625. The van der Waals surface area contributed by atoms with Crippen LogP contribution in [0.1, 0.15) is 46.0 Å². The largest absolute Gasteiger partial charge is 0.463 e. The molecule has 2 aliphatic rings. The van der Waals surface area contributed by atoms with Crippen molar-refractivity contribution in [3.05, 3.63) is 22.8 Å². The molecular formula is C16H22N2O3. The number of rotatable bonds is 3. The standard InChI is InChI=1S/C16H22N2O3/c1-3-20-16(19)13-10(2)21-15(18)12(9-17)14(13)11-7-5-4-6-8-11/h11,14H,3-8,18H2,1-2H3/t14-/m1/s1. The molecule has 1 heterocycles. The minimum Gasteiger partial charge on any atom is -0.463 e. The molecule has 0 bridgehead atoms. The third-order valence-electron chi connectivity index (χ3n) is 4.27. The van der Waals surface area contributed by atoms with Crippen LogP contribution in [0.2, 0.25) is 0 Å². The van der Waals surface area contributed by atoms with E-state index in [-0.39, 0.29) is 17.7 Å². The van der Waals surface area contributed by atoms with Crippen LogP contribution in [0, 0.1) is 23.2 Å². The van der Waals surface area contributed by atoms with E-state index in [1.807, 2.05) is 0 Å². The zero-order chi connectivity index (χ0) is 15.4. The number of allylic oxidation sites excluding steroid dienone is 2. The van der Waals surface area contributed by atoms with Crippen LogP contribution in [-0.4, -0.2) is 12.6 Å². The van der Waals surface area contributed by atoms with Crippen molar-refractivity contribution in [1.29, 1.82) is 5.26 Å². The summed E-state index contributed by atoms with van der Waals surface area (Å²) in [6.07, 6.45) is 5.45. The summed E-state index contributed by atoms with van der Waals surface area (Å²) in [7, 11) is 0. The van der Waals surface area contributed by atoms with Crippen LogP contribution in [0.25, 0.3) is 0 Å². The van der Waals surface area contributed by atoms with Crippen LogP contribution in [-0.2, 0) is 14.3 Å². The molecule has 1 aliphatic heterocycles. The van der Waals surface area contributed by atoms with E-state index >= 15 is 0 Å². The monoisotopic (exact) mass is 290 g/mol. The van der Waals surface area contributed by atoms with Crippen molar-refractivity contribution in [2.24, 2.45) is 17.6 Å². The molecule has 5 nitrogen and oxygen atoms in total. The van der Waals surface area contributed by atoms with Gasteiger partial charge in [-0.1, -0.05) is 19.3 Å². The SMILES string of the molecule is CCOC(=O)C1=C(C)OC(N)=C(C#N)[C@H]1C1CCCCC1. The highest BCUT2D eigenvalue weighted by molar-refractivity contribution is 5.91. The number of ether oxygens (including phenoxy) is 2. The predicted molar refractivity (Wildman–Crippen MR) is 77.3 cm³/mol. The Kier molecular flexibility index (Phi) is 4.89. The molecule has 5 heteroatoms. The number of carbonyl (C=O) groups excluding carboxylic acids is 1. The molecule has 0 aromatic carbocycles. The van der Waals surface area contributed by atoms with E-state index in [0.29, 0.717) is 23.5 Å². The normalized spacial score (nSPS) is 23.6. The van der Waals surface area contributed by atoms with E-state index in [2.05, 4.69) is 6.07 Å². The molecule has 1 atom stereocenters. The Balaban J connectivity index is 2.41. The number of nitrogens with zero attached hydrogens (tertiary/aromatic N) is 1. The molecule has 0 spiro atoms. The van der Waals surface area contributed by atoms with Gasteiger partial charge in [0.2, 0.25) is 5.88 Å². The van der Waals surface area contributed by atoms with Crippen LogP contribution >= 0.6 is 0 Å². The van der Waals surface area contributed by atoms with Gasteiger partial charge in [0.15, 0.2) is 0 Å². The van der Waals surface area contributed by atoms with Gasteiger partial charge in [0.05, 0.1) is 17.8 Å². The topological polar surface area (TPSA) is 85.3 Å². The van der Waals surface area contributed by atoms with Crippen LogP contribution in [0.15, 0.2) is 22.8 Å². The summed E-state index contributed by atoms with van der Waals surface area (Å²) < 4.78 is 10.6. The number of carbonyl (C=O) groups is 1. The molecule has 0 aromatic heterocycles. The third-order valence-corrected chi connectivity index (χ3v) is 4.27. The van der Waals surface area contributed by atoms with Gasteiger partial charge >= 0.3 is 5.97 Å². The number of nitrogens with two attached hydrogens (primary N) is 1. The quantitative estimate of drug-likeness (QED) is 0.808. The van der Waals surface area contributed by atoms with Gasteiger partial charge in [-0.15, -0.1) is 0 Å². The predicted octanol–water partition coefficient (Wildman–Crippen LogP) is 2.74. The number of esters is 1. The first-order valence-corrected chi connectivity index (χ1v) is 7.55. The average Bonchev–Trinajstić information content (AvgIpc) is 2.47. The molecule has 0 unspecified atom stereocenters. The Morgan fingerprint density at radius 1 is 1.43 bits per heavy atom. The lowest BCUT2D eigenvalue weighted by Gasteiger charge is -2.34. The molecule has 0 aromatic rings. The van der Waals surface area contributed by atoms with Gasteiger partial charge in [-0.2, -0.15) is 5.26 Å². The molecular weight excluding hydrogens is 268 g/mol. The second-order valence-electron chi connectivity index (χ2n) is 5.56. The smallest absolute Gasteiger partial charge is 0.338 e. The van der Waals surface area contributed by atoms with E-state index in [4.69, 9.17) is 15.2 Å². The van der Waals surface area contributed by atoms with Crippen LogP contribution in [0.3, 0.4) is 0 Å².